The van der Waals surface area contributed by atoms with E-state index in [1.807, 2.05) is 0 Å². The van der Waals surface area contributed by atoms with E-state index in [2.05, 4.69) is 11.6 Å². The lowest BCUT2D eigenvalue weighted by Gasteiger charge is -2.37. The van der Waals surface area contributed by atoms with Gasteiger partial charge in [-0.1, -0.05) is 41.4 Å². The number of nitrogens with zero attached hydrogens (tertiary/aromatic N) is 3. The Balaban J connectivity index is 1.80. The molecule has 11 heteroatoms. The third kappa shape index (κ3) is 3.33. The van der Waals surface area contributed by atoms with Crippen LogP contribution in [0.25, 0.3) is 10.9 Å². The van der Waals surface area contributed by atoms with Crippen LogP contribution in [0.15, 0.2) is 49.2 Å². The predicted molar refractivity (Wildman–Crippen MR) is 117 cm³/mol. The molecule has 0 unspecified atom stereocenters. The summed E-state index contributed by atoms with van der Waals surface area (Å²) in [7, 11) is -3.90. The number of aromatic amines is 1. The molecule has 2 aromatic carbocycles. The third-order valence-electron chi connectivity index (χ3n) is 4.91. The number of fused-ring (bicyclic) bond motifs is 3. The van der Waals surface area contributed by atoms with E-state index in [1.54, 1.807) is 24.4 Å². The topological polar surface area (TPSA) is 99.5 Å². The maximum absolute atomic E-state index is 13.4. The molecule has 0 fully saturated rings. The van der Waals surface area contributed by atoms with Crippen LogP contribution < -0.4 is 4.31 Å². The van der Waals surface area contributed by atoms with Gasteiger partial charge in [0.05, 0.1) is 32.7 Å². The van der Waals surface area contributed by atoms with Gasteiger partial charge < -0.3 is 4.98 Å². The lowest BCUT2D eigenvalue weighted by Crippen LogP contribution is -2.47. The van der Waals surface area contributed by atoms with Crippen LogP contribution in [0.4, 0.5) is 11.4 Å². The SMILES string of the molecule is C=CCN1c2c(cc(Cl)c3c(Cl)c[nH]c23)CN(Cc2ccc([N+](=O)[O-])cc2)S1(=O)=O. The lowest BCUT2D eigenvalue weighted by atomic mass is 10.1. The van der Waals surface area contributed by atoms with E-state index < -0.39 is 15.1 Å². The molecule has 0 radical (unpaired) electrons. The van der Waals surface area contributed by atoms with Crippen LogP contribution in [0.5, 0.6) is 0 Å². The first-order chi connectivity index (χ1) is 14.2. The fraction of sp³-hybridized carbons (Fsp3) is 0.158. The van der Waals surface area contributed by atoms with E-state index in [-0.39, 0.29) is 25.3 Å². The minimum atomic E-state index is -3.90. The monoisotopic (exact) mass is 466 g/mol. The summed E-state index contributed by atoms with van der Waals surface area (Å²) in [6.45, 7) is 3.88. The van der Waals surface area contributed by atoms with Gasteiger partial charge in [0, 0.05) is 36.8 Å². The minimum absolute atomic E-state index is 0.0501. The summed E-state index contributed by atoms with van der Waals surface area (Å²) in [5.74, 6) is 0. The number of nitrogens with one attached hydrogen (secondary N) is 1. The molecule has 4 rings (SSSR count). The van der Waals surface area contributed by atoms with Crippen molar-refractivity contribution in [3.8, 4) is 0 Å². The maximum Gasteiger partial charge on any atom is 0.305 e. The van der Waals surface area contributed by atoms with Gasteiger partial charge in [0.25, 0.3) is 5.69 Å². The summed E-state index contributed by atoms with van der Waals surface area (Å²) in [6.07, 6.45) is 3.07. The van der Waals surface area contributed by atoms with E-state index in [4.69, 9.17) is 23.2 Å². The van der Waals surface area contributed by atoms with Crippen molar-refractivity contribution in [2.24, 2.45) is 0 Å². The summed E-state index contributed by atoms with van der Waals surface area (Å²) >= 11 is 12.6. The summed E-state index contributed by atoms with van der Waals surface area (Å²) in [4.78, 5) is 13.4. The van der Waals surface area contributed by atoms with Crippen molar-refractivity contribution in [1.82, 2.24) is 9.29 Å². The lowest BCUT2D eigenvalue weighted by molar-refractivity contribution is -0.384. The summed E-state index contributed by atoms with van der Waals surface area (Å²) < 4.78 is 29.4. The van der Waals surface area contributed by atoms with E-state index in [9.17, 15) is 18.5 Å². The largest absolute Gasteiger partial charge is 0.358 e. The van der Waals surface area contributed by atoms with Crippen molar-refractivity contribution < 1.29 is 13.3 Å². The highest BCUT2D eigenvalue weighted by Gasteiger charge is 2.38. The molecule has 1 aliphatic rings. The molecule has 1 N–H and O–H groups in total. The number of rotatable bonds is 5. The summed E-state index contributed by atoms with van der Waals surface area (Å²) in [6, 6.07) is 7.50. The number of anilines is 1. The van der Waals surface area contributed by atoms with Crippen LogP contribution in [0.2, 0.25) is 10.0 Å². The average Bonchev–Trinajstić information content (AvgIpc) is 3.08. The fourth-order valence-electron chi connectivity index (χ4n) is 3.57. The first-order valence-corrected chi connectivity index (χ1v) is 11.0. The third-order valence-corrected chi connectivity index (χ3v) is 7.31. The predicted octanol–water partition coefficient (Wildman–Crippen LogP) is 4.64. The normalized spacial score (nSPS) is 15.9. The molecular formula is C19H16Cl2N4O4S. The highest BCUT2D eigenvalue weighted by atomic mass is 35.5. The van der Waals surface area contributed by atoms with E-state index in [1.165, 1.54) is 26.8 Å². The van der Waals surface area contributed by atoms with Crippen molar-refractivity contribution in [3.05, 3.63) is 80.5 Å². The molecule has 0 spiro atoms. The summed E-state index contributed by atoms with van der Waals surface area (Å²) in [5.41, 5.74) is 2.31. The van der Waals surface area contributed by atoms with E-state index >= 15 is 0 Å². The Hall–Kier alpha value is -2.59. The number of benzene rings is 2. The Bertz CT molecular complexity index is 1270. The molecule has 0 amide bonds. The quantitative estimate of drug-likeness (QED) is 0.336. The van der Waals surface area contributed by atoms with Gasteiger partial charge in [-0.15, -0.1) is 6.58 Å². The zero-order valence-corrected chi connectivity index (χ0v) is 17.8. The smallest absolute Gasteiger partial charge is 0.305 e. The molecule has 0 aliphatic carbocycles. The molecule has 0 atom stereocenters. The molecule has 1 aliphatic heterocycles. The Morgan fingerprint density at radius 1 is 1.23 bits per heavy atom. The molecule has 30 heavy (non-hydrogen) atoms. The second-order valence-corrected chi connectivity index (χ2v) is 9.44. The minimum Gasteiger partial charge on any atom is -0.358 e. The molecule has 0 saturated carbocycles. The molecular weight excluding hydrogens is 451 g/mol. The number of nitro benzene ring substituents is 1. The number of hydrogen-bond acceptors (Lipinski definition) is 4. The van der Waals surface area contributed by atoms with Gasteiger partial charge in [0.2, 0.25) is 0 Å². The van der Waals surface area contributed by atoms with Gasteiger partial charge in [-0.25, -0.2) is 0 Å². The Labute approximate surface area is 182 Å². The number of halogens is 2. The zero-order valence-electron chi connectivity index (χ0n) is 15.5. The van der Waals surface area contributed by atoms with Gasteiger partial charge in [0.1, 0.15) is 0 Å². The number of aromatic nitrogens is 1. The van der Waals surface area contributed by atoms with Gasteiger partial charge >= 0.3 is 10.2 Å². The summed E-state index contributed by atoms with van der Waals surface area (Å²) in [5, 5.41) is 12.2. The van der Waals surface area contributed by atoms with Crippen LogP contribution in [0.3, 0.4) is 0 Å². The van der Waals surface area contributed by atoms with Gasteiger partial charge in [-0.05, 0) is 17.2 Å². The molecule has 156 valence electrons. The highest BCUT2D eigenvalue weighted by Crippen LogP contribution is 2.43. The van der Waals surface area contributed by atoms with Crippen molar-refractivity contribution >= 4 is 55.7 Å². The molecule has 0 saturated heterocycles. The molecule has 1 aromatic heterocycles. The number of hydrogen-bond donors (Lipinski definition) is 1. The fourth-order valence-corrected chi connectivity index (χ4v) is 5.83. The number of nitro groups is 1. The second kappa shape index (κ2) is 7.59. The van der Waals surface area contributed by atoms with Gasteiger partial charge in [-0.2, -0.15) is 12.7 Å². The first kappa shape index (κ1) is 20.7. The maximum atomic E-state index is 13.4. The number of non-ortho nitro benzene ring substituents is 1. The molecule has 2 heterocycles. The number of H-pyrrole nitrogens is 1. The van der Waals surface area contributed by atoms with Crippen LogP contribution in [-0.2, 0) is 23.3 Å². The average molecular weight is 467 g/mol. The van der Waals surface area contributed by atoms with Crippen LogP contribution >= 0.6 is 23.2 Å². The van der Waals surface area contributed by atoms with E-state index in [0.29, 0.717) is 37.8 Å². The Kier molecular flexibility index (Phi) is 5.23. The molecule has 0 bridgehead atoms. The van der Waals surface area contributed by atoms with Crippen molar-refractivity contribution in [3.63, 3.8) is 0 Å². The Morgan fingerprint density at radius 3 is 2.57 bits per heavy atom. The highest BCUT2D eigenvalue weighted by molar-refractivity contribution is 7.90. The van der Waals surface area contributed by atoms with Crippen molar-refractivity contribution in [2.45, 2.75) is 13.1 Å². The van der Waals surface area contributed by atoms with Crippen molar-refractivity contribution in [1.29, 1.82) is 0 Å². The molecule has 8 nitrogen and oxygen atoms in total. The van der Waals surface area contributed by atoms with Crippen LogP contribution in [-0.4, -0.2) is 29.2 Å². The standard InChI is InChI=1S/C19H16Cl2N4O4S/c1-2-7-24-19-13(8-15(20)17-16(21)9-22-18(17)19)11-23(30(24,28)29)10-12-3-5-14(6-4-12)25(26)27/h2-6,8-9,22H,1,7,10-11H2. The molecule has 3 aromatic rings. The van der Waals surface area contributed by atoms with E-state index in [0.717, 1.165) is 0 Å². The van der Waals surface area contributed by atoms with Gasteiger partial charge in [0.15, 0.2) is 0 Å². The Morgan fingerprint density at radius 2 is 1.93 bits per heavy atom. The zero-order chi connectivity index (χ0) is 21.6. The van der Waals surface area contributed by atoms with Crippen LogP contribution in [0, 0.1) is 10.1 Å². The van der Waals surface area contributed by atoms with Crippen molar-refractivity contribution in [2.75, 3.05) is 10.8 Å². The van der Waals surface area contributed by atoms with Gasteiger partial charge in [-0.3, -0.25) is 14.4 Å². The second-order valence-electron chi connectivity index (χ2n) is 6.77. The first-order valence-electron chi connectivity index (χ1n) is 8.84. The van der Waals surface area contributed by atoms with Crippen LogP contribution in [0.1, 0.15) is 11.1 Å².